The average Bonchev–Trinajstić information content (AvgIpc) is 3.37. The minimum atomic E-state index is -0.169. The number of amides is 1. The lowest BCUT2D eigenvalue weighted by Gasteiger charge is -2.08. The van der Waals surface area contributed by atoms with Crippen molar-refractivity contribution in [3.63, 3.8) is 0 Å². The summed E-state index contributed by atoms with van der Waals surface area (Å²) in [5, 5.41) is 7.67. The number of aromatic nitrogens is 2. The van der Waals surface area contributed by atoms with Crippen LogP contribution in [0.15, 0.2) is 54.6 Å². The van der Waals surface area contributed by atoms with Crippen molar-refractivity contribution >= 4 is 11.6 Å². The molecule has 0 radical (unpaired) electrons. The highest BCUT2D eigenvalue weighted by Gasteiger charge is 2.27. The van der Waals surface area contributed by atoms with Crippen LogP contribution < -0.4 is 5.32 Å². The Labute approximate surface area is 176 Å². The van der Waals surface area contributed by atoms with Crippen molar-refractivity contribution in [1.82, 2.24) is 9.78 Å². The van der Waals surface area contributed by atoms with E-state index in [0.717, 1.165) is 47.5 Å². The van der Waals surface area contributed by atoms with Gasteiger partial charge in [-0.2, -0.15) is 5.10 Å². The molecular formula is C24H27N3O3. The van der Waals surface area contributed by atoms with E-state index in [1.165, 1.54) is 0 Å². The first kappa shape index (κ1) is 20.3. The summed E-state index contributed by atoms with van der Waals surface area (Å²) >= 11 is 0. The third kappa shape index (κ3) is 4.61. The average molecular weight is 405 g/mol. The lowest BCUT2D eigenvalue weighted by atomic mass is 10.1. The van der Waals surface area contributed by atoms with Gasteiger partial charge in [0.25, 0.3) is 5.91 Å². The van der Waals surface area contributed by atoms with Gasteiger partial charge in [-0.25, -0.2) is 4.68 Å². The molecule has 1 aliphatic rings. The third-order valence-electron chi connectivity index (χ3n) is 5.18. The van der Waals surface area contributed by atoms with E-state index in [1.54, 1.807) is 0 Å². The van der Waals surface area contributed by atoms with Crippen LogP contribution in [0, 0.1) is 0 Å². The van der Waals surface area contributed by atoms with Gasteiger partial charge in [0.05, 0.1) is 25.5 Å². The molecule has 1 aliphatic carbocycles. The van der Waals surface area contributed by atoms with E-state index in [2.05, 4.69) is 10.4 Å². The van der Waals surface area contributed by atoms with Gasteiger partial charge in [-0.1, -0.05) is 30.3 Å². The summed E-state index contributed by atoms with van der Waals surface area (Å²) < 4.78 is 12.8. The fourth-order valence-corrected chi connectivity index (χ4v) is 3.78. The van der Waals surface area contributed by atoms with E-state index in [1.807, 2.05) is 66.2 Å². The van der Waals surface area contributed by atoms with Crippen LogP contribution >= 0.6 is 0 Å². The summed E-state index contributed by atoms with van der Waals surface area (Å²) in [5.74, 6) is -0.169. The number of nitrogens with one attached hydrogen (secondary N) is 1. The predicted octanol–water partition coefficient (Wildman–Crippen LogP) is 4.17. The van der Waals surface area contributed by atoms with E-state index in [-0.39, 0.29) is 5.91 Å². The van der Waals surface area contributed by atoms with Crippen molar-refractivity contribution < 1.29 is 14.3 Å². The van der Waals surface area contributed by atoms with Gasteiger partial charge >= 0.3 is 0 Å². The van der Waals surface area contributed by atoms with Crippen molar-refractivity contribution in [3.8, 4) is 5.69 Å². The first-order valence-electron chi connectivity index (χ1n) is 10.5. The summed E-state index contributed by atoms with van der Waals surface area (Å²) in [6.07, 6.45) is 2.88. The van der Waals surface area contributed by atoms with Gasteiger partial charge in [-0.15, -0.1) is 0 Å². The zero-order valence-electron chi connectivity index (χ0n) is 17.3. The van der Waals surface area contributed by atoms with E-state index in [9.17, 15) is 4.79 Å². The Hall–Kier alpha value is -2.96. The van der Waals surface area contributed by atoms with E-state index in [4.69, 9.17) is 9.47 Å². The van der Waals surface area contributed by atoms with E-state index in [0.29, 0.717) is 32.1 Å². The van der Waals surface area contributed by atoms with Gasteiger partial charge in [0.2, 0.25) is 0 Å². The Kier molecular flexibility index (Phi) is 6.57. The van der Waals surface area contributed by atoms with Crippen LogP contribution in [0.4, 0.5) is 5.69 Å². The number of carbonyl (C=O) groups is 1. The topological polar surface area (TPSA) is 65.4 Å². The number of hydrogen-bond donors (Lipinski definition) is 1. The number of nitrogens with zero attached hydrogens (tertiary/aromatic N) is 2. The molecule has 1 N–H and O–H groups in total. The molecule has 1 heterocycles. The molecule has 0 atom stereocenters. The smallest absolute Gasteiger partial charge is 0.276 e. The number of ether oxygens (including phenoxy) is 2. The molecule has 0 bridgehead atoms. The molecule has 156 valence electrons. The molecule has 0 saturated heterocycles. The van der Waals surface area contributed by atoms with Crippen LogP contribution in [0.1, 0.15) is 40.7 Å². The number of rotatable bonds is 9. The minimum Gasteiger partial charge on any atom is -0.379 e. The molecule has 1 aromatic heterocycles. The van der Waals surface area contributed by atoms with Crippen LogP contribution in [0.2, 0.25) is 0 Å². The Morgan fingerprint density at radius 2 is 1.90 bits per heavy atom. The van der Waals surface area contributed by atoms with Gasteiger partial charge in [0, 0.05) is 23.6 Å². The number of carbonyl (C=O) groups excluding carboxylic acids is 1. The van der Waals surface area contributed by atoms with Gasteiger partial charge in [-0.3, -0.25) is 4.79 Å². The maximum Gasteiger partial charge on any atom is 0.276 e. The lowest BCUT2D eigenvalue weighted by molar-refractivity contribution is 0.0453. The molecule has 0 fully saturated rings. The summed E-state index contributed by atoms with van der Waals surface area (Å²) in [5.41, 5.74) is 5.46. The molecule has 30 heavy (non-hydrogen) atoms. The zero-order valence-corrected chi connectivity index (χ0v) is 17.3. The number of hydrogen-bond acceptors (Lipinski definition) is 4. The summed E-state index contributed by atoms with van der Waals surface area (Å²) in [7, 11) is 0. The van der Waals surface area contributed by atoms with Crippen molar-refractivity contribution in [2.45, 2.75) is 32.8 Å². The largest absolute Gasteiger partial charge is 0.379 e. The molecule has 2 aromatic carbocycles. The van der Waals surface area contributed by atoms with Crippen LogP contribution in [0.5, 0.6) is 0 Å². The Bertz CT molecular complexity index is 998. The van der Waals surface area contributed by atoms with Crippen LogP contribution in [-0.4, -0.2) is 35.5 Å². The second-order valence-electron chi connectivity index (χ2n) is 7.28. The Balaban J connectivity index is 1.47. The highest BCUT2D eigenvalue weighted by atomic mass is 16.5. The number of benzene rings is 2. The molecule has 6 heteroatoms. The van der Waals surface area contributed by atoms with Crippen LogP contribution in [-0.2, 0) is 28.9 Å². The molecule has 0 saturated carbocycles. The van der Waals surface area contributed by atoms with Gasteiger partial charge < -0.3 is 14.8 Å². The van der Waals surface area contributed by atoms with E-state index < -0.39 is 0 Å². The van der Waals surface area contributed by atoms with Crippen molar-refractivity contribution in [2.75, 3.05) is 25.1 Å². The van der Waals surface area contributed by atoms with Crippen molar-refractivity contribution in [3.05, 3.63) is 77.1 Å². The molecule has 4 rings (SSSR count). The highest BCUT2D eigenvalue weighted by Crippen LogP contribution is 2.28. The second-order valence-corrected chi connectivity index (χ2v) is 7.28. The molecule has 0 unspecified atom stereocenters. The second kappa shape index (κ2) is 9.69. The fourth-order valence-electron chi connectivity index (χ4n) is 3.78. The zero-order chi connectivity index (χ0) is 20.8. The van der Waals surface area contributed by atoms with Crippen molar-refractivity contribution in [2.24, 2.45) is 0 Å². The summed E-state index contributed by atoms with van der Waals surface area (Å²) in [4.78, 5) is 13.0. The van der Waals surface area contributed by atoms with Crippen molar-refractivity contribution in [1.29, 1.82) is 0 Å². The SMILES string of the molecule is CCOCCOCc1cccc(NC(=O)c2nn(-c3ccccc3)c3c2CCC3)c1. The van der Waals surface area contributed by atoms with Crippen LogP contribution in [0.3, 0.4) is 0 Å². The number of fused-ring (bicyclic) bond motifs is 1. The van der Waals surface area contributed by atoms with E-state index >= 15 is 0 Å². The third-order valence-corrected chi connectivity index (χ3v) is 5.18. The first-order valence-corrected chi connectivity index (χ1v) is 10.5. The fraction of sp³-hybridized carbons (Fsp3) is 0.333. The minimum absolute atomic E-state index is 0.169. The maximum absolute atomic E-state index is 13.0. The number of para-hydroxylation sites is 1. The molecule has 0 aliphatic heterocycles. The standard InChI is InChI=1S/C24H27N3O3/c1-2-29-14-15-30-17-18-8-6-9-19(16-18)25-24(28)23-21-12-7-13-22(21)27(26-23)20-10-4-3-5-11-20/h3-6,8-11,16H,2,7,12-15,17H2,1H3,(H,25,28). The van der Waals surface area contributed by atoms with Gasteiger partial charge in [0.1, 0.15) is 0 Å². The quantitative estimate of drug-likeness (QED) is 0.543. The maximum atomic E-state index is 13.0. The van der Waals surface area contributed by atoms with Gasteiger partial charge in [0.15, 0.2) is 5.69 Å². The molecule has 0 spiro atoms. The number of anilines is 1. The Morgan fingerprint density at radius 3 is 2.73 bits per heavy atom. The highest BCUT2D eigenvalue weighted by molar-refractivity contribution is 6.04. The lowest BCUT2D eigenvalue weighted by Crippen LogP contribution is -2.15. The molecule has 6 nitrogen and oxygen atoms in total. The molecular weight excluding hydrogens is 378 g/mol. The normalized spacial score (nSPS) is 12.7. The summed E-state index contributed by atoms with van der Waals surface area (Å²) in [6.45, 7) is 4.27. The van der Waals surface area contributed by atoms with Gasteiger partial charge in [-0.05, 0) is 56.0 Å². The van der Waals surface area contributed by atoms with Crippen LogP contribution in [0.25, 0.3) is 5.69 Å². The predicted molar refractivity (Wildman–Crippen MR) is 116 cm³/mol. The molecule has 3 aromatic rings. The monoisotopic (exact) mass is 405 g/mol. The first-order chi connectivity index (χ1) is 14.8. The Morgan fingerprint density at radius 1 is 1.07 bits per heavy atom. The molecule has 1 amide bonds. The summed E-state index contributed by atoms with van der Waals surface area (Å²) in [6, 6.07) is 17.7.